The second kappa shape index (κ2) is 5.56. The van der Waals surface area contributed by atoms with E-state index in [0.717, 1.165) is 19.3 Å². The Labute approximate surface area is 143 Å². The Morgan fingerprint density at radius 2 is 1.71 bits per heavy atom. The van der Waals surface area contributed by atoms with E-state index in [1.54, 1.807) is 0 Å². The Morgan fingerprint density at radius 3 is 2.21 bits per heavy atom. The first-order valence-corrected chi connectivity index (χ1v) is 8.51. The smallest absolute Gasteiger partial charge is 0.399 e. The summed E-state index contributed by atoms with van der Waals surface area (Å²) in [6.45, 7) is 9.70. The standard InChI is InChI=1S/C18H25BFNO3/c1-16(2)17(3,4)24-19(23-16)13-11-12(7-8-14(13)20)15(22)21-18(5)9-6-10-18/h7-8,11H,6,9-10H2,1-5H3,(H,21,22). The molecule has 0 unspecified atom stereocenters. The van der Waals surface area contributed by atoms with Crippen LogP contribution in [0.1, 0.15) is 64.2 Å². The molecule has 0 aromatic heterocycles. The average Bonchev–Trinajstić information content (AvgIpc) is 2.66. The predicted molar refractivity (Wildman–Crippen MR) is 91.8 cm³/mol. The number of hydrogen-bond donors (Lipinski definition) is 1. The van der Waals surface area contributed by atoms with Crippen LogP contribution in [0.25, 0.3) is 0 Å². The van der Waals surface area contributed by atoms with Gasteiger partial charge in [0.2, 0.25) is 0 Å². The normalized spacial score (nSPS) is 23.7. The maximum absolute atomic E-state index is 14.3. The fourth-order valence-corrected chi connectivity index (χ4v) is 3.01. The van der Waals surface area contributed by atoms with E-state index >= 15 is 0 Å². The summed E-state index contributed by atoms with van der Waals surface area (Å²) in [4.78, 5) is 12.5. The SMILES string of the molecule is CC1(NC(=O)c2ccc(F)c(B3OC(C)(C)C(C)(C)O3)c2)CCC1. The van der Waals surface area contributed by atoms with Gasteiger partial charge in [-0.25, -0.2) is 4.39 Å². The molecule has 130 valence electrons. The van der Waals surface area contributed by atoms with Crippen LogP contribution in [-0.2, 0) is 9.31 Å². The summed E-state index contributed by atoms with van der Waals surface area (Å²) in [5.41, 5.74) is -0.561. The Bertz CT molecular complexity index is 654. The van der Waals surface area contributed by atoms with Crippen LogP contribution in [0.4, 0.5) is 4.39 Å². The molecule has 2 aliphatic rings. The van der Waals surface area contributed by atoms with Crippen molar-refractivity contribution in [2.45, 2.75) is 70.6 Å². The van der Waals surface area contributed by atoms with Gasteiger partial charge in [-0.05, 0) is 72.1 Å². The van der Waals surface area contributed by atoms with E-state index < -0.39 is 24.1 Å². The second-order valence-electron chi connectivity index (χ2n) is 8.19. The van der Waals surface area contributed by atoms with Gasteiger partial charge in [-0.15, -0.1) is 0 Å². The van der Waals surface area contributed by atoms with Crippen LogP contribution in [0.5, 0.6) is 0 Å². The van der Waals surface area contributed by atoms with E-state index in [1.165, 1.54) is 18.2 Å². The Kier molecular flexibility index (Phi) is 4.04. The minimum atomic E-state index is -0.818. The number of carbonyl (C=O) groups is 1. The summed E-state index contributed by atoms with van der Waals surface area (Å²) in [5.74, 6) is -0.616. The first-order valence-electron chi connectivity index (χ1n) is 8.51. The molecule has 1 heterocycles. The third-order valence-corrected chi connectivity index (χ3v) is 5.64. The summed E-state index contributed by atoms with van der Waals surface area (Å²) in [6, 6.07) is 4.34. The van der Waals surface area contributed by atoms with Gasteiger partial charge in [-0.1, -0.05) is 0 Å². The van der Waals surface area contributed by atoms with Gasteiger partial charge in [0, 0.05) is 16.6 Å². The summed E-state index contributed by atoms with van der Waals surface area (Å²) in [6.07, 6.45) is 3.08. The molecule has 6 heteroatoms. The van der Waals surface area contributed by atoms with Crippen molar-refractivity contribution in [2.75, 3.05) is 0 Å². The van der Waals surface area contributed by atoms with Gasteiger partial charge in [-0.2, -0.15) is 0 Å². The molecule has 1 N–H and O–H groups in total. The van der Waals surface area contributed by atoms with Gasteiger partial charge in [0.05, 0.1) is 11.2 Å². The quantitative estimate of drug-likeness (QED) is 0.866. The number of rotatable bonds is 3. The Morgan fingerprint density at radius 1 is 1.12 bits per heavy atom. The number of halogens is 1. The molecule has 1 aliphatic heterocycles. The van der Waals surface area contributed by atoms with Crippen LogP contribution >= 0.6 is 0 Å². The molecule has 0 atom stereocenters. The van der Waals surface area contributed by atoms with Crippen molar-refractivity contribution in [1.29, 1.82) is 0 Å². The molecule has 1 amide bonds. The zero-order valence-electron chi connectivity index (χ0n) is 15.0. The van der Waals surface area contributed by atoms with E-state index in [1.807, 2.05) is 34.6 Å². The molecular weight excluding hydrogens is 308 g/mol. The highest BCUT2D eigenvalue weighted by Gasteiger charge is 2.52. The van der Waals surface area contributed by atoms with Gasteiger partial charge in [-0.3, -0.25) is 4.79 Å². The highest BCUT2D eigenvalue weighted by molar-refractivity contribution is 6.62. The van der Waals surface area contributed by atoms with Crippen LogP contribution in [0.15, 0.2) is 18.2 Å². The third-order valence-electron chi connectivity index (χ3n) is 5.64. The Hall–Kier alpha value is -1.40. The number of benzene rings is 1. The molecule has 0 bridgehead atoms. The molecule has 3 rings (SSSR count). The van der Waals surface area contributed by atoms with Crippen LogP contribution in [0, 0.1) is 5.82 Å². The maximum Gasteiger partial charge on any atom is 0.497 e. The second-order valence-corrected chi connectivity index (χ2v) is 8.19. The van der Waals surface area contributed by atoms with Crippen molar-refractivity contribution in [3.63, 3.8) is 0 Å². The van der Waals surface area contributed by atoms with Crippen molar-refractivity contribution in [3.05, 3.63) is 29.6 Å². The van der Waals surface area contributed by atoms with E-state index in [4.69, 9.17) is 9.31 Å². The molecule has 1 saturated heterocycles. The molecule has 0 radical (unpaired) electrons. The minimum absolute atomic E-state index is 0.143. The molecule has 0 spiro atoms. The summed E-state index contributed by atoms with van der Waals surface area (Å²) in [5, 5.41) is 3.04. The van der Waals surface area contributed by atoms with Crippen LogP contribution in [0.3, 0.4) is 0 Å². The fourth-order valence-electron chi connectivity index (χ4n) is 3.01. The van der Waals surface area contributed by atoms with E-state index in [0.29, 0.717) is 5.56 Å². The van der Waals surface area contributed by atoms with Gasteiger partial charge in [0.25, 0.3) is 5.91 Å². The highest BCUT2D eigenvalue weighted by atomic mass is 19.1. The summed E-state index contributed by atoms with van der Waals surface area (Å²) < 4.78 is 26.1. The maximum atomic E-state index is 14.3. The number of carbonyl (C=O) groups excluding carboxylic acids is 1. The van der Waals surface area contributed by atoms with Crippen molar-refractivity contribution in [3.8, 4) is 0 Å². The highest BCUT2D eigenvalue weighted by Crippen LogP contribution is 2.36. The van der Waals surface area contributed by atoms with Crippen LogP contribution in [-0.4, -0.2) is 29.8 Å². The van der Waals surface area contributed by atoms with Crippen molar-refractivity contribution < 1.29 is 18.5 Å². The van der Waals surface area contributed by atoms with Gasteiger partial charge >= 0.3 is 7.12 Å². The first-order chi connectivity index (χ1) is 11.0. The molecule has 1 saturated carbocycles. The van der Waals surface area contributed by atoms with Crippen molar-refractivity contribution in [2.24, 2.45) is 0 Å². The molecule has 1 aromatic carbocycles. The van der Waals surface area contributed by atoms with E-state index in [9.17, 15) is 9.18 Å². The molecule has 1 aromatic rings. The fraction of sp³-hybridized carbons (Fsp3) is 0.611. The molecule has 2 fully saturated rings. The number of amides is 1. The monoisotopic (exact) mass is 333 g/mol. The van der Waals surface area contributed by atoms with Crippen molar-refractivity contribution in [1.82, 2.24) is 5.32 Å². The summed E-state index contributed by atoms with van der Waals surface area (Å²) >= 11 is 0. The van der Waals surface area contributed by atoms with Crippen LogP contribution in [0.2, 0.25) is 0 Å². The Balaban J connectivity index is 1.83. The lowest BCUT2D eigenvalue weighted by molar-refractivity contribution is 0.00578. The lowest BCUT2D eigenvalue weighted by Gasteiger charge is -2.39. The number of hydrogen-bond acceptors (Lipinski definition) is 3. The average molecular weight is 333 g/mol. The zero-order valence-corrected chi connectivity index (χ0v) is 15.0. The van der Waals surface area contributed by atoms with E-state index in [2.05, 4.69) is 5.32 Å². The van der Waals surface area contributed by atoms with Gasteiger partial charge in [0.1, 0.15) is 5.82 Å². The first kappa shape index (κ1) is 17.4. The van der Waals surface area contributed by atoms with Crippen LogP contribution < -0.4 is 10.8 Å². The van der Waals surface area contributed by atoms with Gasteiger partial charge in [0.15, 0.2) is 0 Å². The number of nitrogens with one attached hydrogen (secondary N) is 1. The third kappa shape index (κ3) is 2.97. The zero-order chi connectivity index (χ0) is 17.8. The molecular formula is C18H25BFNO3. The van der Waals surface area contributed by atoms with Crippen molar-refractivity contribution >= 4 is 18.5 Å². The largest absolute Gasteiger partial charge is 0.497 e. The lowest BCUT2D eigenvalue weighted by Crippen LogP contribution is -2.51. The topological polar surface area (TPSA) is 47.6 Å². The lowest BCUT2D eigenvalue weighted by atomic mass is 9.77. The van der Waals surface area contributed by atoms with E-state index in [-0.39, 0.29) is 16.9 Å². The summed E-state index contributed by atoms with van der Waals surface area (Å²) in [7, 11) is -0.818. The molecule has 24 heavy (non-hydrogen) atoms. The predicted octanol–water partition coefficient (Wildman–Crippen LogP) is 2.80. The van der Waals surface area contributed by atoms with Gasteiger partial charge < -0.3 is 14.6 Å². The molecule has 1 aliphatic carbocycles. The molecule has 4 nitrogen and oxygen atoms in total. The minimum Gasteiger partial charge on any atom is -0.399 e.